The Balaban J connectivity index is 3.41. The third-order valence-corrected chi connectivity index (χ3v) is 3.03. The van der Waals surface area contributed by atoms with Gasteiger partial charge in [0.25, 0.3) is 0 Å². The Morgan fingerprint density at radius 2 is 1.19 bits per heavy atom. The summed E-state index contributed by atoms with van der Waals surface area (Å²) in [6.07, 6.45) is 0. The van der Waals surface area contributed by atoms with Crippen molar-refractivity contribution in [3.05, 3.63) is 34.9 Å². The molecular formula is C9H3Cl6N. The van der Waals surface area contributed by atoms with Gasteiger partial charge in [-0.3, -0.25) is 0 Å². The molecule has 0 fully saturated rings. The number of nitrogens with zero attached hydrogens (tertiary/aromatic N) is 1. The number of hydrogen-bond acceptors (Lipinski definition) is 1. The predicted octanol–water partition coefficient (Wildman–Crippen LogP) is 5.21. The van der Waals surface area contributed by atoms with Gasteiger partial charge >= 0.3 is 0 Å². The van der Waals surface area contributed by atoms with Gasteiger partial charge in [0, 0.05) is 11.1 Å². The number of nitriles is 1. The molecule has 0 radical (unpaired) electrons. The molecule has 0 aromatic heterocycles. The highest BCUT2D eigenvalue weighted by Crippen LogP contribution is 2.43. The molecule has 0 unspecified atom stereocenters. The van der Waals surface area contributed by atoms with E-state index in [1.807, 2.05) is 6.07 Å². The Morgan fingerprint density at radius 3 is 1.44 bits per heavy atom. The SMILES string of the molecule is N#Cc1cc(C(Cl)(Cl)Cl)cc(C(Cl)(Cl)Cl)c1. The van der Waals surface area contributed by atoms with Crippen LogP contribution >= 0.6 is 69.6 Å². The molecule has 0 N–H and O–H groups in total. The normalized spacial score (nSPS) is 12.3. The van der Waals surface area contributed by atoms with Crippen molar-refractivity contribution < 1.29 is 0 Å². The molecule has 0 aliphatic carbocycles. The van der Waals surface area contributed by atoms with Gasteiger partial charge in [-0.05, 0) is 18.2 Å². The molecule has 86 valence electrons. The zero-order chi connectivity index (χ0) is 12.6. The van der Waals surface area contributed by atoms with E-state index in [4.69, 9.17) is 74.9 Å². The Morgan fingerprint density at radius 1 is 0.812 bits per heavy atom. The van der Waals surface area contributed by atoms with E-state index in [2.05, 4.69) is 0 Å². The fourth-order valence-electron chi connectivity index (χ4n) is 1.02. The monoisotopic (exact) mass is 335 g/mol. The van der Waals surface area contributed by atoms with E-state index in [1.54, 1.807) is 0 Å². The first-order valence-electron chi connectivity index (χ1n) is 3.84. The number of benzene rings is 1. The third kappa shape index (κ3) is 3.74. The molecule has 7 heteroatoms. The Hall–Kier alpha value is 0.450. The van der Waals surface area contributed by atoms with Crippen molar-refractivity contribution in [2.45, 2.75) is 7.59 Å². The Kier molecular flexibility index (Phi) is 4.52. The van der Waals surface area contributed by atoms with Gasteiger partial charge in [0.05, 0.1) is 11.6 Å². The lowest BCUT2D eigenvalue weighted by atomic mass is 10.1. The summed E-state index contributed by atoms with van der Waals surface area (Å²) in [5, 5.41) is 8.81. The summed E-state index contributed by atoms with van der Waals surface area (Å²) in [5.41, 5.74) is 0.806. The molecular weight excluding hydrogens is 335 g/mol. The summed E-state index contributed by atoms with van der Waals surface area (Å²) in [4.78, 5) is 0. The highest BCUT2D eigenvalue weighted by atomic mass is 35.6. The second-order valence-corrected chi connectivity index (χ2v) is 7.47. The quantitative estimate of drug-likeness (QED) is 0.596. The molecule has 1 nitrogen and oxygen atoms in total. The maximum absolute atomic E-state index is 8.81. The molecule has 0 amide bonds. The summed E-state index contributed by atoms with van der Waals surface area (Å²) in [7, 11) is 0. The van der Waals surface area contributed by atoms with Crippen molar-refractivity contribution >= 4 is 69.6 Å². The van der Waals surface area contributed by atoms with Gasteiger partial charge in [0.15, 0.2) is 0 Å². The summed E-state index contributed by atoms with van der Waals surface area (Å²) in [6, 6.07) is 6.18. The van der Waals surface area contributed by atoms with Crippen LogP contribution in [0.1, 0.15) is 16.7 Å². The Bertz CT molecular complexity index is 405. The first-order valence-corrected chi connectivity index (χ1v) is 6.11. The average Bonchev–Trinajstić information content (AvgIpc) is 2.14. The summed E-state index contributed by atoms with van der Waals surface area (Å²) < 4.78 is -3.34. The van der Waals surface area contributed by atoms with Crippen LogP contribution in [0.15, 0.2) is 18.2 Å². The van der Waals surface area contributed by atoms with Crippen molar-refractivity contribution in [2.75, 3.05) is 0 Å². The van der Waals surface area contributed by atoms with Gasteiger partial charge in [0.2, 0.25) is 7.59 Å². The first kappa shape index (κ1) is 14.5. The van der Waals surface area contributed by atoms with Crippen LogP contribution in [0.2, 0.25) is 0 Å². The topological polar surface area (TPSA) is 23.8 Å². The summed E-state index contributed by atoms with van der Waals surface area (Å²) >= 11 is 34.2. The standard InChI is InChI=1S/C9H3Cl6N/c10-8(11,12)6-1-5(4-16)2-7(3-6)9(13,14)15/h1-3H. The second kappa shape index (κ2) is 4.98. The highest BCUT2D eigenvalue weighted by Gasteiger charge is 2.29. The summed E-state index contributed by atoms with van der Waals surface area (Å²) in [6.45, 7) is 0. The lowest BCUT2D eigenvalue weighted by Gasteiger charge is -2.17. The zero-order valence-corrected chi connectivity index (χ0v) is 12.0. The maximum Gasteiger partial charge on any atom is 0.216 e. The van der Waals surface area contributed by atoms with Crippen LogP contribution in [-0.2, 0) is 7.59 Å². The van der Waals surface area contributed by atoms with Crippen LogP contribution in [0.5, 0.6) is 0 Å². The number of hydrogen-bond donors (Lipinski definition) is 0. The second-order valence-electron chi connectivity index (χ2n) is 2.91. The molecule has 1 aromatic rings. The average molecular weight is 338 g/mol. The van der Waals surface area contributed by atoms with Crippen LogP contribution in [0.4, 0.5) is 0 Å². The first-order chi connectivity index (χ1) is 7.14. The van der Waals surface area contributed by atoms with Crippen LogP contribution in [0.25, 0.3) is 0 Å². The molecule has 0 aliphatic rings. The molecule has 0 saturated heterocycles. The van der Waals surface area contributed by atoms with Gasteiger partial charge in [0.1, 0.15) is 0 Å². The van der Waals surface area contributed by atoms with Crippen molar-refractivity contribution in [1.29, 1.82) is 5.26 Å². The van der Waals surface area contributed by atoms with E-state index in [-0.39, 0.29) is 16.7 Å². The van der Waals surface area contributed by atoms with Crippen LogP contribution in [-0.4, -0.2) is 0 Å². The minimum Gasteiger partial charge on any atom is -0.192 e. The molecule has 1 aromatic carbocycles. The minimum absolute atomic E-state index is 0.255. The number of alkyl halides is 6. The molecule has 1 rings (SSSR count). The number of rotatable bonds is 0. The van der Waals surface area contributed by atoms with Gasteiger partial charge in [-0.25, -0.2) is 0 Å². The lowest BCUT2D eigenvalue weighted by Crippen LogP contribution is -2.06. The van der Waals surface area contributed by atoms with E-state index < -0.39 is 7.59 Å². The summed E-state index contributed by atoms with van der Waals surface area (Å²) in [5.74, 6) is 0. The predicted molar refractivity (Wildman–Crippen MR) is 69.6 cm³/mol. The van der Waals surface area contributed by atoms with Crippen molar-refractivity contribution in [1.82, 2.24) is 0 Å². The van der Waals surface area contributed by atoms with Crippen LogP contribution in [0, 0.1) is 11.3 Å². The van der Waals surface area contributed by atoms with Gasteiger partial charge in [-0.1, -0.05) is 69.6 Å². The third-order valence-electron chi connectivity index (χ3n) is 1.72. The molecule has 0 saturated carbocycles. The highest BCUT2D eigenvalue weighted by molar-refractivity contribution is 6.67. The van der Waals surface area contributed by atoms with Crippen LogP contribution < -0.4 is 0 Å². The van der Waals surface area contributed by atoms with E-state index in [9.17, 15) is 0 Å². The fraction of sp³-hybridized carbons (Fsp3) is 0.222. The molecule has 0 bridgehead atoms. The largest absolute Gasteiger partial charge is 0.216 e. The van der Waals surface area contributed by atoms with Crippen LogP contribution in [0.3, 0.4) is 0 Å². The molecule has 0 heterocycles. The molecule has 0 atom stereocenters. The van der Waals surface area contributed by atoms with Gasteiger partial charge in [-0.2, -0.15) is 5.26 Å². The minimum atomic E-state index is -1.67. The van der Waals surface area contributed by atoms with E-state index >= 15 is 0 Å². The van der Waals surface area contributed by atoms with E-state index in [1.165, 1.54) is 18.2 Å². The lowest BCUT2D eigenvalue weighted by molar-refractivity contribution is 1.16. The van der Waals surface area contributed by atoms with Crippen molar-refractivity contribution in [2.24, 2.45) is 0 Å². The van der Waals surface area contributed by atoms with E-state index in [0.717, 1.165) is 0 Å². The van der Waals surface area contributed by atoms with Crippen molar-refractivity contribution in [3.63, 3.8) is 0 Å². The van der Waals surface area contributed by atoms with Crippen molar-refractivity contribution in [3.8, 4) is 6.07 Å². The molecule has 0 aliphatic heterocycles. The smallest absolute Gasteiger partial charge is 0.192 e. The Labute approximate surface area is 123 Å². The molecule has 16 heavy (non-hydrogen) atoms. The van der Waals surface area contributed by atoms with Gasteiger partial charge in [-0.15, -0.1) is 0 Å². The van der Waals surface area contributed by atoms with E-state index in [0.29, 0.717) is 0 Å². The maximum atomic E-state index is 8.81. The number of halogens is 6. The zero-order valence-electron chi connectivity index (χ0n) is 7.45. The molecule has 0 spiro atoms. The fourth-order valence-corrected chi connectivity index (χ4v) is 1.67. The van der Waals surface area contributed by atoms with Gasteiger partial charge < -0.3 is 0 Å².